The van der Waals surface area contributed by atoms with Gasteiger partial charge in [-0.2, -0.15) is 26.9 Å². The maximum Gasteiger partial charge on any atom is 0.490 e. The molecule has 2 aromatic carbocycles. The smallest absolute Gasteiger partial charge is 0.475 e. The molecule has 0 spiro atoms. The van der Waals surface area contributed by atoms with Crippen LogP contribution in [-0.4, -0.2) is 69.3 Å². The van der Waals surface area contributed by atoms with Crippen LogP contribution in [0.15, 0.2) is 59.1 Å². The molecule has 0 unspecified atom stereocenters. The van der Waals surface area contributed by atoms with Crippen LogP contribution in [0.4, 0.5) is 22.0 Å². The summed E-state index contributed by atoms with van der Waals surface area (Å²) in [4.78, 5) is 40.6. The van der Waals surface area contributed by atoms with Gasteiger partial charge in [-0.05, 0) is 49.9 Å². The Morgan fingerprint density at radius 2 is 1.73 bits per heavy atom. The zero-order valence-electron chi connectivity index (χ0n) is 23.9. The van der Waals surface area contributed by atoms with Gasteiger partial charge < -0.3 is 20.3 Å². The number of nitrogens with one attached hydrogen (secondary N) is 2. The zero-order valence-corrected chi connectivity index (χ0v) is 23.9. The van der Waals surface area contributed by atoms with Crippen molar-refractivity contribution < 1.29 is 46.0 Å². The van der Waals surface area contributed by atoms with Crippen LogP contribution in [0.3, 0.4) is 0 Å². The molecule has 2 heterocycles. The van der Waals surface area contributed by atoms with E-state index < -0.39 is 30.5 Å². The number of hydrogen-bond acceptors (Lipinski definition) is 7. The van der Waals surface area contributed by atoms with Crippen molar-refractivity contribution in [1.82, 2.24) is 25.7 Å². The van der Waals surface area contributed by atoms with Crippen molar-refractivity contribution in [2.45, 2.75) is 63.8 Å². The number of benzene rings is 2. The Morgan fingerprint density at radius 1 is 1.09 bits per heavy atom. The maximum atomic E-state index is 13.2. The molecule has 3 N–H and O–H groups in total. The van der Waals surface area contributed by atoms with Crippen LogP contribution in [0.5, 0.6) is 0 Å². The second-order valence-electron chi connectivity index (χ2n) is 9.98. The fourth-order valence-corrected chi connectivity index (χ4v) is 4.62. The first-order chi connectivity index (χ1) is 20.8. The molecule has 3 atom stereocenters. The van der Waals surface area contributed by atoms with Crippen molar-refractivity contribution in [1.29, 1.82) is 0 Å². The fourth-order valence-electron chi connectivity index (χ4n) is 4.62. The molecule has 2 amide bonds. The molecule has 1 saturated heterocycles. The predicted molar refractivity (Wildman–Crippen MR) is 147 cm³/mol. The van der Waals surface area contributed by atoms with Crippen LogP contribution in [0, 0.1) is 0 Å². The molecular formula is C29H32F5N5O5. The first-order valence-electron chi connectivity index (χ1n) is 13.7. The minimum Gasteiger partial charge on any atom is -0.475 e. The zero-order chi connectivity index (χ0) is 32.4. The van der Waals surface area contributed by atoms with Crippen molar-refractivity contribution in [2.24, 2.45) is 0 Å². The van der Waals surface area contributed by atoms with Gasteiger partial charge in [-0.3, -0.25) is 14.5 Å². The summed E-state index contributed by atoms with van der Waals surface area (Å²) in [7, 11) is 0. The van der Waals surface area contributed by atoms with Crippen molar-refractivity contribution in [3.63, 3.8) is 0 Å². The highest BCUT2D eigenvalue weighted by atomic mass is 19.4. The largest absolute Gasteiger partial charge is 0.490 e. The van der Waals surface area contributed by atoms with Gasteiger partial charge in [0.2, 0.25) is 17.6 Å². The fraction of sp³-hybridized carbons (Fsp3) is 0.414. The van der Waals surface area contributed by atoms with E-state index in [1.165, 1.54) is 5.56 Å². The molecule has 4 rings (SSSR count). The number of aromatic nitrogens is 2. The Kier molecular flexibility index (Phi) is 11.9. The second kappa shape index (κ2) is 15.4. The van der Waals surface area contributed by atoms with E-state index in [-0.39, 0.29) is 30.2 Å². The van der Waals surface area contributed by atoms with E-state index in [0.29, 0.717) is 17.9 Å². The van der Waals surface area contributed by atoms with Crippen LogP contribution in [0.2, 0.25) is 0 Å². The number of carbonyl (C=O) groups excluding carboxylic acids is 2. The Hall–Kier alpha value is -4.40. The summed E-state index contributed by atoms with van der Waals surface area (Å²) < 4.78 is 61.6. The summed E-state index contributed by atoms with van der Waals surface area (Å²) in [5.41, 5.74) is 2.55. The number of nitrogens with zero attached hydrogens (tertiary/aromatic N) is 3. The average Bonchev–Trinajstić information content (AvgIpc) is 3.51. The number of piperidine rings is 1. The highest BCUT2D eigenvalue weighted by molar-refractivity contribution is 5.89. The number of rotatable bonds is 9. The maximum absolute atomic E-state index is 13.2. The third-order valence-electron chi connectivity index (χ3n) is 6.99. The van der Waals surface area contributed by atoms with Gasteiger partial charge in [-0.25, -0.2) is 4.79 Å². The molecule has 1 aliphatic heterocycles. The monoisotopic (exact) mass is 625 g/mol. The number of likely N-dealkylation sites (N-methyl/N-ethyl adjacent to an activating group) is 1. The number of carbonyl (C=O) groups is 3. The third-order valence-corrected chi connectivity index (χ3v) is 6.99. The van der Waals surface area contributed by atoms with Gasteiger partial charge in [0, 0.05) is 12.1 Å². The summed E-state index contributed by atoms with van der Waals surface area (Å²) in [6.45, 7) is 5.55. The number of alkyl halides is 5. The summed E-state index contributed by atoms with van der Waals surface area (Å²) in [5.74, 6) is -3.55. The molecular weight excluding hydrogens is 593 g/mol. The predicted octanol–water partition coefficient (Wildman–Crippen LogP) is 4.70. The molecule has 3 aromatic rings. The summed E-state index contributed by atoms with van der Waals surface area (Å²) in [5, 5.41) is 16.4. The van der Waals surface area contributed by atoms with Crippen LogP contribution in [0.1, 0.15) is 56.1 Å². The van der Waals surface area contributed by atoms with Gasteiger partial charge in [0.15, 0.2) is 0 Å². The van der Waals surface area contributed by atoms with Crippen molar-refractivity contribution in [2.75, 3.05) is 13.1 Å². The summed E-state index contributed by atoms with van der Waals surface area (Å²) in [6, 6.07) is 16.1. The lowest BCUT2D eigenvalue weighted by Crippen LogP contribution is -2.54. The minimum atomic E-state index is -5.08. The van der Waals surface area contributed by atoms with Crippen molar-refractivity contribution in [3.05, 3.63) is 71.6 Å². The molecule has 0 saturated carbocycles. The number of likely N-dealkylation sites (tertiary alicyclic amines) is 1. The van der Waals surface area contributed by atoms with Gasteiger partial charge in [0.25, 0.3) is 5.89 Å². The van der Waals surface area contributed by atoms with Gasteiger partial charge >= 0.3 is 18.6 Å². The normalized spacial score (nSPS) is 17.7. The highest BCUT2D eigenvalue weighted by Crippen LogP contribution is 2.31. The number of carboxylic acids is 1. The molecule has 238 valence electrons. The summed E-state index contributed by atoms with van der Waals surface area (Å²) in [6.07, 6.45) is -6.20. The van der Waals surface area contributed by atoms with E-state index in [0.717, 1.165) is 25.1 Å². The van der Waals surface area contributed by atoms with Crippen molar-refractivity contribution in [3.8, 4) is 11.4 Å². The van der Waals surface area contributed by atoms with E-state index in [1.807, 2.05) is 25.1 Å². The van der Waals surface area contributed by atoms with E-state index in [4.69, 9.17) is 9.90 Å². The van der Waals surface area contributed by atoms with E-state index in [9.17, 15) is 31.5 Å². The van der Waals surface area contributed by atoms with Crippen LogP contribution < -0.4 is 10.6 Å². The van der Waals surface area contributed by atoms with Crippen LogP contribution in [0.25, 0.3) is 11.4 Å². The van der Waals surface area contributed by atoms with Gasteiger partial charge in [-0.1, -0.05) is 66.7 Å². The number of hydrogen-bond donors (Lipinski definition) is 3. The Balaban J connectivity index is 0.000000676. The molecule has 0 bridgehead atoms. The Morgan fingerprint density at radius 3 is 2.27 bits per heavy atom. The first-order valence-corrected chi connectivity index (χ1v) is 13.7. The second-order valence-corrected chi connectivity index (χ2v) is 9.98. The highest BCUT2D eigenvalue weighted by Gasteiger charge is 2.38. The Bertz CT molecular complexity index is 1390. The summed E-state index contributed by atoms with van der Waals surface area (Å²) >= 11 is 0. The van der Waals surface area contributed by atoms with Crippen LogP contribution in [-0.2, 0) is 20.9 Å². The first kappa shape index (κ1) is 34.1. The van der Waals surface area contributed by atoms with E-state index in [2.05, 4.69) is 42.3 Å². The molecule has 1 aliphatic rings. The van der Waals surface area contributed by atoms with Gasteiger partial charge in [0.1, 0.15) is 6.04 Å². The molecule has 0 radical (unpaired) electrons. The molecule has 1 fully saturated rings. The molecule has 0 aliphatic carbocycles. The number of halogens is 5. The number of carboxylic acid groups (broad SMARTS) is 1. The lowest BCUT2D eigenvalue weighted by atomic mass is 9.85. The third kappa shape index (κ3) is 9.56. The Labute approximate surface area is 249 Å². The standard InChI is InChI=1S/C27H31F2N5O3.C2HF3O2/c1-3-34-14-13-21(19-7-5-4-6-8-19)15-22(34)26(36)31-17(2)25(35)30-16-18-9-11-20(12-10-18)24-32-27(23(28)29)37-33-24;3-2(4,5)1(6)7/h4-12,17,21-23H,3,13-16H2,1-2H3,(H,30,35)(H,31,36);(H,6,7)/t17-,21-,22+;/m0./s1. The molecule has 15 heteroatoms. The lowest BCUT2D eigenvalue weighted by molar-refractivity contribution is -0.192. The van der Waals surface area contributed by atoms with E-state index >= 15 is 0 Å². The molecule has 44 heavy (non-hydrogen) atoms. The van der Waals surface area contributed by atoms with Gasteiger partial charge in [0.05, 0.1) is 6.04 Å². The quantitative estimate of drug-likeness (QED) is 0.291. The number of aliphatic carboxylic acids is 1. The van der Waals surface area contributed by atoms with Crippen LogP contribution >= 0.6 is 0 Å². The number of amides is 2. The van der Waals surface area contributed by atoms with Crippen molar-refractivity contribution >= 4 is 17.8 Å². The molecule has 1 aromatic heterocycles. The molecule has 10 nitrogen and oxygen atoms in total. The SMILES string of the molecule is CCN1CC[C@H](c2ccccc2)C[C@@H]1C(=O)N[C@@H](C)C(=O)NCc1ccc(-c2noc(C(F)F)n2)cc1.O=C(O)C(F)(F)F. The average molecular weight is 626 g/mol. The van der Waals surface area contributed by atoms with Gasteiger partial charge in [-0.15, -0.1) is 0 Å². The topological polar surface area (TPSA) is 138 Å². The lowest BCUT2D eigenvalue weighted by Gasteiger charge is -2.38. The van der Waals surface area contributed by atoms with E-state index in [1.54, 1.807) is 31.2 Å². The minimum absolute atomic E-state index is 0.0700.